The molecule has 1 aromatic carbocycles. The van der Waals surface area contributed by atoms with Gasteiger partial charge in [0.05, 0.1) is 11.3 Å². The molecule has 0 saturated carbocycles. The van der Waals surface area contributed by atoms with Crippen molar-refractivity contribution in [1.29, 1.82) is 0 Å². The van der Waals surface area contributed by atoms with Gasteiger partial charge in [-0.2, -0.15) is 13.2 Å². The van der Waals surface area contributed by atoms with Crippen LogP contribution < -0.4 is 10.9 Å². The maximum Gasteiger partial charge on any atom is 0.417 e. The van der Waals surface area contributed by atoms with E-state index in [-0.39, 0.29) is 23.5 Å². The van der Waals surface area contributed by atoms with E-state index in [0.29, 0.717) is 39.5 Å². The van der Waals surface area contributed by atoms with E-state index in [1.165, 1.54) is 18.5 Å². The fraction of sp³-hybridized carbons (Fsp3) is 0.241. The lowest BCUT2D eigenvalue weighted by Gasteiger charge is -2.33. The van der Waals surface area contributed by atoms with E-state index < -0.39 is 41.9 Å². The van der Waals surface area contributed by atoms with Crippen molar-refractivity contribution in [2.75, 3.05) is 11.6 Å². The average molecular weight is 633 g/mol. The number of pyridine rings is 2. The van der Waals surface area contributed by atoms with Gasteiger partial charge in [0.2, 0.25) is 10.0 Å². The van der Waals surface area contributed by atoms with Gasteiger partial charge >= 0.3 is 6.18 Å². The van der Waals surface area contributed by atoms with Crippen molar-refractivity contribution >= 4 is 47.8 Å². The molecule has 226 valence electrons. The maximum absolute atomic E-state index is 14.0. The second-order valence-corrected chi connectivity index (χ2v) is 15.0. The van der Waals surface area contributed by atoms with Crippen molar-refractivity contribution < 1.29 is 30.0 Å². The highest BCUT2D eigenvalue weighted by Crippen LogP contribution is 2.41. The minimum Gasteiger partial charge on any atom is -0.340 e. The predicted molar refractivity (Wildman–Crippen MR) is 159 cm³/mol. The van der Waals surface area contributed by atoms with E-state index in [0.717, 1.165) is 16.3 Å². The largest absolute Gasteiger partial charge is 0.417 e. The summed E-state index contributed by atoms with van der Waals surface area (Å²) >= 11 is 0. The van der Waals surface area contributed by atoms with Crippen molar-refractivity contribution in [3.8, 4) is 0 Å². The van der Waals surface area contributed by atoms with Crippen molar-refractivity contribution in [1.82, 2.24) is 13.9 Å². The fourth-order valence-electron chi connectivity index (χ4n) is 5.00. The number of benzene rings is 1. The molecule has 3 heterocycles. The highest BCUT2D eigenvalue weighted by molar-refractivity contribution is 7.91. The highest BCUT2D eigenvalue weighted by atomic mass is 32.2. The molecule has 3 aromatic heterocycles. The van der Waals surface area contributed by atoms with E-state index in [4.69, 9.17) is 0 Å². The number of rotatable bonds is 7. The molecule has 0 amide bonds. The molecule has 4 aromatic rings. The Balaban J connectivity index is 1.55. The van der Waals surface area contributed by atoms with Crippen LogP contribution >= 0.6 is 0 Å². The summed E-state index contributed by atoms with van der Waals surface area (Å²) < 4.78 is 90.6. The molecule has 43 heavy (non-hydrogen) atoms. The Bertz CT molecular complexity index is 2080. The standard InChI is InChI=1S/C29H27F3N4O5S2/c1-18-14-21(8-11-28(18,2)43(40,41)36-13-10-20-9-12-33-27(37)26(20)36)23-15-19(17-42(3,38)39)4-6-24(23)35-25-7-5-22(16-34-25)29(30,31)32/h4-10,12-16H,11,17H2,1-3H3,(H,33,37)(H,34,35). The first-order chi connectivity index (χ1) is 20.0. The number of anilines is 2. The van der Waals surface area contributed by atoms with Crippen LogP contribution in [0.3, 0.4) is 0 Å². The third-order valence-electron chi connectivity index (χ3n) is 7.50. The molecule has 1 atom stereocenters. The third-order valence-corrected chi connectivity index (χ3v) is 10.8. The molecule has 0 spiro atoms. The Morgan fingerprint density at radius 2 is 1.84 bits per heavy atom. The molecule has 0 fully saturated rings. The van der Waals surface area contributed by atoms with E-state index in [9.17, 15) is 34.8 Å². The molecule has 0 bridgehead atoms. The number of hydrogen-bond donors (Lipinski definition) is 2. The zero-order valence-electron chi connectivity index (χ0n) is 23.2. The number of hydrogen-bond acceptors (Lipinski definition) is 7. The zero-order chi connectivity index (χ0) is 31.4. The molecule has 14 heteroatoms. The molecule has 2 N–H and O–H groups in total. The lowest BCUT2D eigenvalue weighted by Crippen LogP contribution is -2.41. The van der Waals surface area contributed by atoms with Crippen LogP contribution in [-0.4, -0.2) is 41.8 Å². The maximum atomic E-state index is 14.0. The number of fused-ring (bicyclic) bond motifs is 1. The van der Waals surface area contributed by atoms with Crippen LogP contribution in [0.2, 0.25) is 0 Å². The summed E-state index contributed by atoms with van der Waals surface area (Å²) in [6.07, 6.45) is 3.43. The predicted octanol–water partition coefficient (Wildman–Crippen LogP) is 5.40. The number of nitrogens with zero attached hydrogens (tertiary/aromatic N) is 2. The van der Waals surface area contributed by atoms with Crippen LogP contribution in [0.4, 0.5) is 24.7 Å². The quantitative estimate of drug-likeness (QED) is 0.279. The minimum atomic E-state index is -4.55. The topological polar surface area (TPSA) is 131 Å². The van der Waals surface area contributed by atoms with E-state index in [1.54, 1.807) is 56.3 Å². The minimum absolute atomic E-state index is 0.00954. The fourth-order valence-corrected chi connectivity index (χ4v) is 7.63. The van der Waals surface area contributed by atoms with Gasteiger partial charge in [0.1, 0.15) is 16.1 Å². The molecule has 1 aliphatic rings. The molecular formula is C29H27F3N4O5S2. The zero-order valence-corrected chi connectivity index (χ0v) is 24.9. The van der Waals surface area contributed by atoms with Crippen LogP contribution in [0.15, 0.2) is 83.6 Å². The van der Waals surface area contributed by atoms with Gasteiger partial charge < -0.3 is 10.3 Å². The highest BCUT2D eigenvalue weighted by Gasteiger charge is 2.43. The summed E-state index contributed by atoms with van der Waals surface area (Å²) in [6, 6.07) is 10.1. The lowest BCUT2D eigenvalue weighted by atomic mass is 9.86. The van der Waals surface area contributed by atoms with Gasteiger partial charge in [0, 0.05) is 41.5 Å². The van der Waals surface area contributed by atoms with Crippen molar-refractivity contribution in [3.63, 3.8) is 0 Å². The summed E-state index contributed by atoms with van der Waals surface area (Å²) in [6.45, 7) is 3.22. The van der Waals surface area contributed by atoms with Gasteiger partial charge in [-0.25, -0.2) is 25.8 Å². The van der Waals surface area contributed by atoms with Gasteiger partial charge in [-0.05, 0) is 73.4 Å². The Hall–Kier alpha value is -4.17. The molecule has 1 unspecified atom stereocenters. The van der Waals surface area contributed by atoms with Gasteiger partial charge in [0.15, 0.2) is 9.84 Å². The Kier molecular flexibility index (Phi) is 7.41. The first-order valence-corrected chi connectivity index (χ1v) is 16.4. The number of allylic oxidation sites excluding steroid dienone is 3. The Morgan fingerprint density at radius 1 is 1.09 bits per heavy atom. The van der Waals surface area contributed by atoms with E-state index >= 15 is 0 Å². The molecular weight excluding hydrogens is 605 g/mol. The van der Waals surface area contributed by atoms with Gasteiger partial charge in [-0.3, -0.25) is 4.79 Å². The first kappa shape index (κ1) is 30.3. The van der Waals surface area contributed by atoms with Crippen molar-refractivity contribution in [2.24, 2.45) is 0 Å². The number of halogens is 3. The summed E-state index contributed by atoms with van der Waals surface area (Å²) in [4.78, 5) is 18.9. The van der Waals surface area contributed by atoms with Crippen molar-refractivity contribution in [3.05, 3.63) is 106 Å². The molecule has 1 aliphatic carbocycles. The summed E-state index contributed by atoms with van der Waals surface area (Å²) in [5, 5.41) is 3.47. The normalized spacial score (nSPS) is 17.9. The van der Waals surface area contributed by atoms with Gasteiger partial charge in [-0.15, -0.1) is 0 Å². The number of alkyl halides is 3. The molecule has 5 rings (SSSR count). The number of nitrogens with one attached hydrogen (secondary N) is 2. The van der Waals surface area contributed by atoms with Gasteiger partial charge in [0.25, 0.3) is 5.56 Å². The summed E-state index contributed by atoms with van der Waals surface area (Å²) in [5.41, 5.74) is 0.992. The molecule has 9 nitrogen and oxygen atoms in total. The number of sulfone groups is 1. The van der Waals surface area contributed by atoms with Crippen LogP contribution in [0.25, 0.3) is 16.5 Å². The Morgan fingerprint density at radius 3 is 2.47 bits per heavy atom. The number of H-pyrrole nitrogens is 1. The van der Waals surface area contributed by atoms with Crippen LogP contribution in [0.5, 0.6) is 0 Å². The van der Waals surface area contributed by atoms with E-state index in [1.807, 2.05) is 0 Å². The SMILES string of the molecule is CC1=CC(c2cc(CS(C)(=O)=O)ccc2Nc2ccc(C(F)(F)F)cn2)=CCC1(C)S(=O)(=O)n1ccc2cc[nH]c(=O)c21. The molecule has 0 radical (unpaired) electrons. The first-order valence-electron chi connectivity index (χ1n) is 12.9. The summed E-state index contributed by atoms with van der Waals surface area (Å²) in [7, 11) is -7.54. The van der Waals surface area contributed by atoms with Crippen LogP contribution in [0.1, 0.15) is 37.0 Å². The third kappa shape index (κ3) is 5.76. The summed E-state index contributed by atoms with van der Waals surface area (Å²) in [5.74, 6) is -0.129. The number of aromatic amines is 1. The number of aromatic nitrogens is 3. The average Bonchev–Trinajstić information content (AvgIpc) is 3.37. The van der Waals surface area contributed by atoms with Crippen molar-refractivity contribution in [2.45, 2.75) is 36.9 Å². The smallest absolute Gasteiger partial charge is 0.340 e. The van der Waals surface area contributed by atoms with E-state index in [2.05, 4.69) is 15.3 Å². The Labute approximate surface area is 245 Å². The second kappa shape index (κ2) is 10.5. The molecule has 0 aliphatic heterocycles. The van der Waals surface area contributed by atoms with Crippen LogP contribution in [-0.2, 0) is 31.8 Å². The monoisotopic (exact) mass is 632 g/mol. The van der Waals surface area contributed by atoms with Gasteiger partial charge in [-0.1, -0.05) is 18.2 Å². The lowest BCUT2D eigenvalue weighted by molar-refractivity contribution is -0.137. The van der Waals surface area contributed by atoms with Crippen LogP contribution in [0, 0.1) is 0 Å². The second-order valence-electron chi connectivity index (χ2n) is 10.7. The molecule has 0 saturated heterocycles.